The molecule has 0 spiro atoms. The Morgan fingerprint density at radius 2 is 1.78 bits per heavy atom. The molecule has 0 aliphatic rings. The average molecular weight is 266 g/mol. The van der Waals surface area contributed by atoms with Crippen molar-refractivity contribution in [1.82, 2.24) is 0 Å². The molecule has 2 aromatic carbocycles. The van der Waals surface area contributed by atoms with Gasteiger partial charge < -0.3 is 10.3 Å². The van der Waals surface area contributed by atoms with Crippen LogP contribution in [-0.2, 0) is 0 Å². The van der Waals surface area contributed by atoms with Crippen molar-refractivity contribution in [3.8, 4) is 16.9 Å². The SMILES string of the molecule is O/N=C/c1ccc(-c2ccc(O)c(F)c2)cc1Cl. The van der Waals surface area contributed by atoms with Gasteiger partial charge in [0.15, 0.2) is 11.6 Å². The maximum atomic E-state index is 13.2. The molecule has 2 rings (SSSR count). The minimum Gasteiger partial charge on any atom is -0.505 e. The lowest BCUT2D eigenvalue weighted by atomic mass is 10.0. The first-order valence-electron chi connectivity index (χ1n) is 5.07. The van der Waals surface area contributed by atoms with Gasteiger partial charge in [-0.05, 0) is 29.3 Å². The third kappa shape index (κ3) is 2.43. The maximum absolute atomic E-state index is 13.2. The van der Waals surface area contributed by atoms with Crippen molar-refractivity contribution >= 4 is 17.8 Å². The van der Waals surface area contributed by atoms with Gasteiger partial charge in [0.1, 0.15) is 0 Å². The molecule has 0 amide bonds. The zero-order valence-electron chi connectivity index (χ0n) is 9.14. The Morgan fingerprint density at radius 3 is 2.39 bits per heavy atom. The predicted octanol–water partition coefficient (Wildman–Crippen LogP) is 3.66. The number of rotatable bonds is 2. The van der Waals surface area contributed by atoms with Gasteiger partial charge in [-0.15, -0.1) is 0 Å². The summed E-state index contributed by atoms with van der Waals surface area (Å²) in [5.74, 6) is -1.08. The van der Waals surface area contributed by atoms with E-state index in [0.717, 1.165) is 0 Å². The summed E-state index contributed by atoms with van der Waals surface area (Å²) >= 11 is 5.98. The standard InChI is InChI=1S/C13H9ClFNO2/c14-11-5-8(1-2-10(11)7-16-18)9-3-4-13(17)12(15)6-9/h1-7,17-18H/b16-7+. The number of halogens is 2. The van der Waals surface area contributed by atoms with Gasteiger partial charge in [0.05, 0.1) is 11.2 Å². The van der Waals surface area contributed by atoms with Crippen molar-refractivity contribution in [3.05, 3.63) is 52.8 Å². The molecule has 3 nitrogen and oxygen atoms in total. The molecule has 5 heteroatoms. The van der Waals surface area contributed by atoms with E-state index in [1.807, 2.05) is 0 Å². The number of aromatic hydroxyl groups is 1. The second-order valence-corrected chi connectivity index (χ2v) is 4.05. The fourth-order valence-electron chi connectivity index (χ4n) is 1.56. The molecule has 0 heterocycles. The Hall–Kier alpha value is -2.07. The van der Waals surface area contributed by atoms with Crippen LogP contribution in [0.2, 0.25) is 5.02 Å². The summed E-state index contributed by atoms with van der Waals surface area (Å²) in [7, 11) is 0. The highest BCUT2D eigenvalue weighted by atomic mass is 35.5. The zero-order valence-corrected chi connectivity index (χ0v) is 9.89. The molecule has 2 N–H and O–H groups in total. The van der Waals surface area contributed by atoms with E-state index in [1.165, 1.54) is 18.3 Å². The van der Waals surface area contributed by atoms with E-state index in [4.69, 9.17) is 21.9 Å². The quantitative estimate of drug-likeness (QED) is 0.495. The molecule has 0 aromatic heterocycles. The largest absolute Gasteiger partial charge is 0.505 e. The lowest BCUT2D eigenvalue weighted by Crippen LogP contribution is -1.86. The molecule has 2 aromatic rings. The van der Waals surface area contributed by atoms with Crippen molar-refractivity contribution in [3.63, 3.8) is 0 Å². The van der Waals surface area contributed by atoms with Crippen molar-refractivity contribution in [1.29, 1.82) is 0 Å². The lowest BCUT2D eigenvalue weighted by Gasteiger charge is -2.05. The molecule has 0 aliphatic heterocycles. The number of hydrogen-bond donors (Lipinski definition) is 2. The summed E-state index contributed by atoms with van der Waals surface area (Å²) in [6.45, 7) is 0. The van der Waals surface area contributed by atoms with Crippen LogP contribution in [-0.4, -0.2) is 16.5 Å². The Bertz CT molecular complexity index is 614. The normalized spacial score (nSPS) is 11.0. The Labute approximate surface area is 108 Å². The number of oxime groups is 1. The molecule has 92 valence electrons. The van der Waals surface area contributed by atoms with Gasteiger partial charge in [-0.25, -0.2) is 4.39 Å². The molecule has 0 bridgehead atoms. The molecule has 0 unspecified atom stereocenters. The van der Waals surface area contributed by atoms with Crippen LogP contribution in [0.25, 0.3) is 11.1 Å². The van der Waals surface area contributed by atoms with E-state index in [2.05, 4.69) is 5.16 Å². The monoisotopic (exact) mass is 265 g/mol. The highest BCUT2D eigenvalue weighted by Crippen LogP contribution is 2.28. The fourth-order valence-corrected chi connectivity index (χ4v) is 1.79. The molecule has 0 saturated carbocycles. The first kappa shape index (κ1) is 12.4. The summed E-state index contributed by atoms with van der Waals surface area (Å²) in [6, 6.07) is 9.09. The summed E-state index contributed by atoms with van der Waals surface area (Å²) in [5.41, 5.74) is 1.86. The van der Waals surface area contributed by atoms with Crippen molar-refractivity contribution in [2.24, 2.45) is 5.16 Å². The molecule has 0 fully saturated rings. The summed E-state index contributed by atoms with van der Waals surface area (Å²) in [5, 5.41) is 20.8. The first-order valence-corrected chi connectivity index (χ1v) is 5.45. The predicted molar refractivity (Wildman–Crippen MR) is 67.9 cm³/mol. The third-order valence-electron chi connectivity index (χ3n) is 2.48. The Kier molecular flexibility index (Phi) is 3.48. The van der Waals surface area contributed by atoms with Crippen LogP contribution in [0.3, 0.4) is 0 Å². The Balaban J connectivity index is 2.45. The highest BCUT2D eigenvalue weighted by molar-refractivity contribution is 6.33. The van der Waals surface area contributed by atoms with Crippen LogP contribution in [0.5, 0.6) is 5.75 Å². The maximum Gasteiger partial charge on any atom is 0.165 e. The minimum absolute atomic E-state index is 0.388. The first-order chi connectivity index (χ1) is 8.61. The van der Waals surface area contributed by atoms with E-state index in [-0.39, 0.29) is 0 Å². The molecule has 0 aliphatic carbocycles. The van der Waals surface area contributed by atoms with Crippen LogP contribution in [0.15, 0.2) is 41.6 Å². The molecular weight excluding hydrogens is 257 g/mol. The second-order valence-electron chi connectivity index (χ2n) is 3.65. The van der Waals surface area contributed by atoms with E-state index in [1.54, 1.807) is 24.3 Å². The summed E-state index contributed by atoms with van der Waals surface area (Å²) in [6.07, 6.45) is 1.21. The van der Waals surface area contributed by atoms with Crippen molar-refractivity contribution in [2.75, 3.05) is 0 Å². The van der Waals surface area contributed by atoms with Gasteiger partial charge in [0, 0.05) is 5.56 Å². The molecule has 18 heavy (non-hydrogen) atoms. The zero-order chi connectivity index (χ0) is 13.1. The number of hydrogen-bond acceptors (Lipinski definition) is 3. The van der Waals surface area contributed by atoms with E-state index < -0.39 is 11.6 Å². The highest BCUT2D eigenvalue weighted by Gasteiger charge is 2.06. The fraction of sp³-hybridized carbons (Fsp3) is 0. The van der Waals surface area contributed by atoms with Crippen molar-refractivity contribution < 1.29 is 14.7 Å². The number of benzene rings is 2. The summed E-state index contributed by atoms with van der Waals surface area (Å²) < 4.78 is 13.2. The minimum atomic E-state index is -0.690. The van der Waals surface area contributed by atoms with E-state index in [0.29, 0.717) is 21.7 Å². The van der Waals surface area contributed by atoms with Gasteiger partial charge in [-0.3, -0.25) is 0 Å². The van der Waals surface area contributed by atoms with Gasteiger partial charge in [0.25, 0.3) is 0 Å². The van der Waals surface area contributed by atoms with Gasteiger partial charge >= 0.3 is 0 Å². The third-order valence-corrected chi connectivity index (χ3v) is 2.81. The molecule has 0 saturated heterocycles. The van der Waals surface area contributed by atoms with E-state index in [9.17, 15) is 4.39 Å². The van der Waals surface area contributed by atoms with Crippen molar-refractivity contribution in [2.45, 2.75) is 0 Å². The molecule has 0 radical (unpaired) electrons. The summed E-state index contributed by atoms with van der Waals surface area (Å²) in [4.78, 5) is 0. The van der Waals surface area contributed by atoms with Crippen LogP contribution in [0, 0.1) is 5.82 Å². The van der Waals surface area contributed by atoms with Crippen LogP contribution < -0.4 is 0 Å². The lowest BCUT2D eigenvalue weighted by molar-refractivity contribution is 0.322. The second kappa shape index (κ2) is 5.06. The smallest absolute Gasteiger partial charge is 0.165 e. The van der Waals surface area contributed by atoms with Crippen LogP contribution in [0.4, 0.5) is 4.39 Å². The van der Waals surface area contributed by atoms with E-state index >= 15 is 0 Å². The van der Waals surface area contributed by atoms with Crippen LogP contribution in [0.1, 0.15) is 5.56 Å². The average Bonchev–Trinajstić information content (AvgIpc) is 2.35. The number of phenols is 1. The number of nitrogens with zero attached hydrogens (tertiary/aromatic N) is 1. The molecular formula is C13H9ClFNO2. The molecule has 0 atom stereocenters. The van der Waals surface area contributed by atoms with Gasteiger partial charge in [-0.1, -0.05) is 35.0 Å². The Morgan fingerprint density at radius 1 is 1.11 bits per heavy atom. The topological polar surface area (TPSA) is 52.8 Å². The van der Waals surface area contributed by atoms with Gasteiger partial charge in [-0.2, -0.15) is 0 Å². The van der Waals surface area contributed by atoms with Gasteiger partial charge in [0.2, 0.25) is 0 Å². The number of phenolic OH excluding ortho intramolecular Hbond substituents is 1. The van der Waals surface area contributed by atoms with Crippen LogP contribution >= 0.6 is 11.6 Å².